The molecule has 54 heavy (non-hydrogen) atoms. The molecular weight excluding hydrogens is 697 g/mol. The van der Waals surface area contributed by atoms with Gasteiger partial charge in [-0.1, -0.05) is 105 Å². The first kappa shape index (κ1) is 31.3. The first-order chi connectivity index (χ1) is 26.5. The highest BCUT2D eigenvalue weighted by Crippen LogP contribution is 2.63. The summed E-state index contributed by atoms with van der Waals surface area (Å²) in [4.78, 5) is 6.66. The zero-order valence-electron chi connectivity index (χ0n) is 30.1. The third-order valence-corrected chi connectivity index (χ3v) is 16.1. The van der Waals surface area contributed by atoms with E-state index in [0.717, 1.165) is 39.0 Å². The molecule has 0 N–H and O–H groups in total. The molecule has 6 unspecified atom stereocenters. The Morgan fingerprint density at radius 2 is 1.35 bits per heavy atom. The molecule has 7 aromatic rings. The van der Waals surface area contributed by atoms with E-state index in [1.165, 1.54) is 38.4 Å². The molecule has 0 bridgehead atoms. The number of thioether (sulfide) groups is 2. The molecule has 3 nitrogen and oxygen atoms in total. The van der Waals surface area contributed by atoms with E-state index >= 15 is 0 Å². The Morgan fingerprint density at radius 3 is 2.28 bits per heavy atom. The summed E-state index contributed by atoms with van der Waals surface area (Å²) in [5.74, 6) is 0.508. The zero-order chi connectivity index (χ0) is 35.7. The van der Waals surface area contributed by atoms with Crippen LogP contribution in [0.25, 0.3) is 33.1 Å². The van der Waals surface area contributed by atoms with Crippen molar-refractivity contribution in [3.05, 3.63) is 174 Å². The number of para-hydroxylation sites is 1. The SMILES string of the molecule is CC1(C)c2ccccc2-c2cc(N(c3ccc(N4C5c6ccccc6SC5C5SC6C=CC=CC6C54)cc3)c3ccc4c(c3)oc3ccccc34)ccc21. The Morgan fingerprint density at radius 1 is 0.630 bits per heavy atom. The van der Waals surface area contributed by atoms with E-state index in [9.17, 15) is 0 Å². The number of rotatable bonds is 4. The number of hydrogen-bond donors (Lipinski definition) is 0. The maximum absolute atomic E-state index is 6.45. The Hall–Kier alpha value is -5.10. The van der Waals surface area contributed by atoms with E-state index < -0.39 is 0 Å². The van der Waals surface area contributed by atoms with Crippen molar-refractivity contribution < 1.29 is 4.42 Å². The zero-order valence-corrected chi connectivity index (χ0v) is 31.7. The van der Waals surface area contributed by atoms with Crippen LogP contribution in [0.2, 0.25) is 0 Å². The van der Waals surface area contributed by atoms with Crippen LogP contribution in [-0.4, -0.2) is 21.8 Å². The lowest BCUT2D eigenvalue weighted by atomic mass is 9.82. The van der Waals surface area contributed by atoms with E-state index in [4.69, 9.17) is 4.42 Å². The molecule has 0 amide bonds. The molecule has 0 spiro atoms. The van der Waals surface area contributed by atoms with Crippen LogP contribution in [0.4, 0.5) is 22.7 Å². The molecule has 3 aliphatic heterocycles. The summed E-state index contributed by atoms with van der Waals surface area (Å²) in [6.07, 6.45) is 9.43. The van der Waals surface area contributed by atoms with Crippen molar-refractivity contribution in [2.75, 3.05) is 9.80 Å². The maximum Gasteiger partial charge on any atom is 0.137 e. The number of nitrogens with zero attached hydrogens (tertiary/aromatic N) is 2. The van der Waals surface area contributed by atoms with Crippen molar-refractivity contribution in [2.45, 2.75) is 52.0 Å². The average Bonchev–Trinajstić information content (AvgIpc) is 3.99. The van der Waals surface area contributed by atoms with Gasteiger partial charge in [0.15, 0.2) is 0 Å². The second kappa shape index (κ2) is 11.5. The number of fused-ring (bicyclic) bond motifs is 13. The van der Waals surface area contributed by atoms with Crippen LogP contribution >= 0.6 is 23.5 Å². The number of anilines is 4. The first-order valence-corrected chi connectivity index (χ1v) is 21.0. The molecule has 6 atom stereocenters. The third-order valence-electron chi connectivity index (χ3n) is 12.8. The van der Waals surface area contributed by atoms with Gasteiger partial charge in [0.25, 0.3) is 0 Å². The second-order valence-electron chi connectivity index (χ2n) is 15.9. The molecule has 4 heterocycles. The molecule has 262 valence electrons. The topological polar surface area (TPSA) is 19.6 Å². The van der Waals surface area contributed by atoms with Gasteiger partial charge in [-0.15, -0.1) is 23.5 Å². The fraction of sp³-hybridized carbons (Fsp3) is 0.184. The van der Waals surface area contributed by atoms with Crippen molar-refractivity contribution in [1.29, 1.82) is 0 Å². The first-order valence-electron chi connectivity index (χ1n) is 19.1. The summed E-state index contributed by atoms with van der Waals surface area (Å²) in [7, 11) is 0. The maximum atomic E-state index is 6.45. The fourth-order valence-corrected chi connectivity index (χ4v) is 14.0. The smallest absolute Gasteiger partial charge is 0.137 e. The van der Waals surface area contributed by atoms with Crippen molar-refractivity contribution in [3.63, 3.8) is 0 Å². The highest BCUT2D eigenvalue weighted by Gasteiger charge is 2.60. The minimum Gasteiger partial charge on any atom is -0.456 e. The van der Waals surface area contributed by atoms with Gasteiger partial charge in [0.05, 0.1) is 12.1 Å². The number of allylic oxidation sites excluding steroid dienone is 2. The van der Waals surface area contributed by atoms with Crippen LogP contribution in [0.1, 0.15) is 36.6 Å². The van der Waals surface area contributed by atoms with Gasteiger partial charge in [0.2, 0.25) is 0 Å². The Kier molecular flexibility index (Phi) is 6.63. The van der Waals surface area contributed by atoms with Crippen LogP contribution in [0.15, 0.2) is 167 Å². The lowest BCUT2D eigenvalue weighted by molar-refractivity contribution is 0.529. The lowest BCUT2D eigenvalue weighted by Crippen LogP contribution is -2.39. The van der Waals surface area contributed by atoms with E-state index in [0.29, 0.717) is 33.8 Å². The predicted molar refractivity (Wildman–Crippen MR) is 228 cm³/mol. The summed E-state index contributed by atoms with van der Waals surface area (Å²) >= 11 is 4.31. The predicted octanol–water partition coefficient (Wildman–Crippen LogP) is 13.0. The minimum atomic E-state index is -0.0481. The number of furan rings is 1. The molecule has 6 aromatic carbocycles. The molecule has 12 rings (SSSR count). The van der Waals surface area contributed by atoms with Gasteiger partial charge in [0.1, 0.15) is 11.2 Å². The van der Waals surface area contributed by atoms with Crippen molar-refractivity contribution >= 4 is 68.2 Å². The Balaban J connectivity index is 1.000. The second-order valence-corrected chi connectivity index (χ2v) is 18.5. The molecule has 2 saturated heterocycles. The highest BCUT2D eigenvalue weighted by molar-refractivity contribution is 8.04. The van der Waals surface area contributed by atoms with E-state index in [1.54, 1.807) is 0 Å². The van der Waals surface area contributed by atoms with Crippen molar-refractivity contribution in [2.24, 2.45) is 5.92 Å². The van der Waals surface area contributed by atoms with Crippen LogP contribution in [-0.2, 0) is 5.41 Å². The normalized spacial score (nSPS) is 25.0. The largest absolute Gasteiger partial charge is 0.456 e. The van der Waals surface area contributed by atoms with E-state index in [1.807, 2.05) is 6.07 Å². The summed E-state index contributed by atoms with van der Waals surface area (Å²) in [5.41, 5.74) is 13.3. The van der Waals surface area contributed by atoms with Crippen LogP contribution in [0.5, 0.6) is 0 Å². The molecule has 5 heteroatoms. The van der Waals surface area contributed by atoms with Crippen LogP contribution < -0.4 is 9.80 Å². The molecular formula is C49H38N2OS2. The number of hydrogen-bond acceptors (Lipinski definition) is 5. The van der Waals surface area contributed by atoms with Crippen LogP contribution in [0, 0.1) is 5.92 Å². The van der Waals surface area contributed by atoms with Crippen molar-refractivity contribution in [3.8, 4) is 11.1 Å². The molecule has 1 aromatic heterocycles. The van der Waals surface area contributed by atoms with Gasteiger partial charge in [-0.3, -0.25) is 0 Å². The van der Waals surface area contributed by atoms with Gasteiger partial charge in [-0.2, -0.15) is 0 Å². The average molecular weight is 735 g/mol. The summed E-state index contributed by atoms with van der Waals surface area (Å²) in [6.45, 7) is 4.70. The fourth-order valence-electron chi connectivity index (χ4n) is 10.4. The Bertz CT molecular complexity index is 2730. The van der Waals surface area contributed by atoms with Gasteiger partial charge in [-0.25, -0.2) is 0 Å². The standard InChI is InChI=1S/C49H38N2OS2/c1-49(2)39-15-7-3-11-33(39)38-27-31(24-26-40(38)49)50(32-23-25-35-34-12-4-8-16-41(34)52-42(35)28-32)29-19-21-30(22-20-29)51-45-36-13-5-9-17-43(36)53-47(45)48-46(51)37-14-6-10-18-44(37)54-48/h3-28,36,43,45-48H,1-2H3. The van der Waals surface area contributed by atoms with E-state index in [-0.39, 0.29) is 5.41 Å². The quantitative estimate of drug-likeness (QED) is 0.179. The third kappa shape index (κ3) is 4.34. The molecule has 0 radical (unpaired) electrons. The molecule has 2 fully saturated rings. The van der Waals surface area contributed by atoms with Gasteiger partial charge in [0, 0.05) is 71.6 Å². The summed E-state index contributed by atoms with van der Waals surface area (Å²) in [5, 5.41) is 3.93. The van der Waals surface area contributed by atoms with Gasteiger partial charge in [-0.05, 0) is 88.5 Å². The minimum absolute atomic E-state index is 0.0481. The van der Waals surface area contributed by atoms with Gasteiger partial charge < -0.3 is 14.2 Å². The summed E-state index contributed by atoms with van der Waals surface area (Å²) < 4.78 is 6.45. The monoisotopic (exact) mass is 734 g/mol. The molecule has 5 aliphatic rings. The lowest BCUT2D eigenvalue weighted by Gasteiger charge is -2.36. The molecule has 2 aliphatic carbocycles. The van der Waals surface area contributed by atoms with E-state index in [2.05, 4.69) is 199 Å². The van der Waals surface area contributed by atoms with Gasteiger partial charge >= 0.3 is 0 Å². The Labute approximate surface area is 324 Å². The highest BCUT2D eigenvalue weighted by atomic mass is 32.2. The van der Waals surface area contributed by atoms with Crippen LogP contribution in [0.3, 0.4) is 0 Å². The number of benzene rings is 6. The molecule has 0 saturated carbocycles. The van der Waals surface area contributed by atoms with Crippen molar-refractivity contribution in [1.82, 2.24) is 0 Å². The summed E-state index contributed by atoms with van der Waals surface area (Å²) in [6, 6.07) is 50.4.